The molecule has 1 saturated heterocycles. The first-order chi connectivity index (χ1) is 7.78. The van der Waals surface area contributed by atoms with Gasteiger partial charge in [-0.15, -0.1) is 0 Å². The van der Waals surface area contributed by atoms with Gasteiger partial charge in [0.05, 0.1) is 0 Å². The van der Waals surface area contributed by atoms with E-state index in [0.717, 1.165) is 19.5 Å². The van der Waals surface area contributed by atoms with E-state index in [1.165, 1.54) is 30.7 Å². The Labute approximate surface area is 96.5 Å². The summed E-state index contributed by atoms with van der Waals surface area (Å²) in [4.78, 5) is 2.46. The van der Waals surface area contributed by atoms with Gasteiger partial charge in [-0.1, -0.05) is 12.1 Å². The van der Waals surface area contributed by atoms with E-state index in [0.29, 0.717) is 6.04 Å². The Hall–Kier alpha value is -0.930. The molecule has 0 amide bonds. The number of halogens is 1. The number of likely N-dealkylation sites (tertiary alicyclic amines) is 1. The molecule has 2 nitrogen and oxygen atoms in total. The van der Waals surface area contributed by atoms with Crippen molar-refractivity contribution < 1.29 is 4.39 Å². The molecule has 0 aliphatic carbocycles. The van der Waals surface area contributed by atoms with Crippen molar-refractivity contribution in [3.63, 3.8) is 0 Å². The van der Waals surface area contributed by atoms with E-state index >= 15 is 0 Å². The summed E-state index contributed by atoms with van der Waals surface area (Å²) >= 11 is 0. The maximum atomic E-state index is 12.7. The number of hydrogen-bond donors (Lipinski definition) is 1. The van der Waals surface area contributed by atoms with Crippen LogP contribution in [0.2, 0.25) is 0 Å². The van der Waals surface area contributed by atoms with Gasteiger partial charge >= 0.3 is 0 Å². The summed E-state index contributed by atoms with van der Waals surface area (Å²) in [5.41, 5.74) is 1.22. The fraction of sp³-hybridized carbons (Fsp3) is 0.538. The molecule has 0 radical (unpaired) electrons. The Kier molecular flexibility index (Phi) is 3.91. The van der Waals surface area contributed by atoms with E-state index in [2.05, 4.69) is 10.2 Å². The maximum absolute atomic E-state index is 12.7. The average Bonchev–Trinajstić information content (AvgIpc) is 2.76. The number of hydrogen-bond acceptors (Lipinski definition) is 2. The van der Waals surface area contributed by atoms with Crippen LogP contribution >= 0.6 is 0 Å². The smallest absolute Gasteiger partial charge is 0.123 e. The summed E-state index contributed by atoms with van der Waals surface area (Å²) < 4.78 is 12.7. The fourth-order valence-corrected chi connectivity index (χ4v) is 2.21. The first-order valence-corrected chi connectivity index (χ1v) is 5.92. The minimum absolute atomic E-state index is 0.153. The quantitative estimate of drug-likeness (QED) is 0.833. The van der Waals surface area contributed by atoms with Crippen LogP contribution in [0.5, 0.6) is 0 Å². The largest absolute Gasteiger partial charge is 0.316 e. The predicted octanol–water partition coefficient (Wildman–Crippen LogP) is 1.66. The van der Waals surface area contributed by atoms with Crippen molar-refractivity contribution in [1.29, 1.82) is 0 Å². The lowest BCUT2D eigenvalue weighted by atomic mass is 10.1. The molecule has 1 aromatic rings. The molecule has 0 aromatic heterocycles. The highest BCUT2D eigenvalue weighted by atomic mass is 19.1. The van der Waals surface area contributed by atoms with E-state index in [4.69, 9.17) is 0 Å². The van der Waals surface area contributed by atoms with Crippen molar-refractivity contribution in [1.82, 2.24) is 10.2 Å². The van der Waals surface area contributed by atoms with Gasteiger partial charge in [0.15, 0.2) is 0 Å². The molecule has 1 N–H and O–H groups in total. The summed E-state index contributed by atoms with van der Waals surface area (Å²) in [6.07, 6.45) is 2.25. The monoisotopic (exact) mass is 222 g/mol. The molecule has 1 aliphatic heterocycles. The molecule has 0 saturated carbocycles. The molecule has 16 heavy (non-hydrogen) atoms. The molecule has 0 bridgehead atoms. The van der Waals surface area contributed by atoms with Gasteiger partial charge in [-0.2, -0.15) is 0 Å². The van der Waals surface area contributed by atoms with Crippen molar-refractivity contribution in [2.45, 2.75) is 18.9 Å². The SMILES string of the molecule is CNC1CCN(CCc2ccc(F)cc2)C1. The third-order valence-electron chi connectivity index (χ3n) is 3.31. The van der Waals surface area contributed by atoms with Crippen LogP contribution in [0.25, 0.3) is 0 Å². The zero-order valence-electron chi connectivity index (χ0n) is 9.75. The van der Waals surface area contributed by atoms with Crippen LogP contribution in [0.1, 0.15) is 12.0 Å². The summed E-state index contributed by atoms with van der Waals surface area (Å²) in [5.74, 6) is -0.153. The Morgan fingerprint density at radius 3 is 2.75 bits per heavy atom. The second-order valence-electron chi connectivity index (χ2n) is 4.45. The van der Waals surface area contributed by atoms with Gasteiger partial charge in [-0.05, 0) is 44.1 Å². The maximum Gasteiger partial charge on any atom is 0.123 e. The Bertz CT molecular complexity index is 323. The van der Waals surface area contributed by atoms with E-state index < -0.39 is 0 Å². The summed E-state index contributed by atoms with van der Waals surface area (Å²) in [6, 6.07) is 7.47. The first-order valence-electron chi connectivity index (χ1n) is 5.92. The Balaban J connectivity index is 1.77. The molecule has 0 spiro atoms. The second kappa shape index (κ2) is 5.41. The lowest BCUT2D eigenvalue weighted by Gasteiger charge is -2.15. The average molecular weight is 222 g/mol. The van der Waals surface area contributed by atoms with Crippen LogP contribution in [0, 0.1) is 5.82 Å². The minimum atomic E-state index is -0.153. The highest BCUT2D eigenvalue weighted by molar-refractivity contribution is 5.16. The van der Waals surface area contributed by atoms with Gasteiger partial charge in [0.1, 0.15) is 5.82 Å². The van der Waals surface area contributed by atoms with Crippen molar-refractivity contribution in [3.05, 3.63) is 35.6 Å². The van der Waals surface area contributed by atoms with E-state index in [-0.39, 0.29) is 5.82 Å². The van der Waals surface area contributed by atoms with Crippen molar-refractivity contribution in [2.24, 2.45) is 0 Å². The van der Waals surface area contributed by atoms with Crippen molar-refractivity contribution in [2.75, 3.05) is 26.7 Å². The van der Waals surface area contributed by atoms with Gasteiger partial charge in [0, 0.05) is 19.1 Å². The third kappa shape index (κ3) is 3.03. The number of nitrogens with zero attached hydrogens (tertiary/aromatic N) is 1. The number of likely N-dealkylation sites (N-methyl/N-ethyl adjacent to an activating group) is 1. The molecule has 1 aliphatic rings. The number of benzene rings is 1. The van der Waals surface area contributed by atoms with E-state index in [9.17, 15) is 4.39 Å². The molecule has 1 atom stereocenters. The van der Waals surface area contributed by atoms with Gasteiger partial charge in [0.2, 0.25) is 0 Å². The molecule has 1 heterocycles. The van der Waals surface area contributed by atoms with Crippen molar-refractivity contribution in [3.8, 4) is 0 Å². The van der Waals surface area contributed by atoms with Gasteiger partial charge in [-0.25, -0.2) is 4.39 Å². The minimum Gasteiger partial charge on any atom is -0.316 e. The molecular weight excluding hydrogens is 203 g/mol. The zero-order valence-corrected chi connectivity index (χ0v) is 9.75. The van der Waals surface area contributed by atoms with Crippen LogP contribution in [-0.4, -0.2) is 37.6 Å². The summed E-state index contributed by atoms with van der Waals surface area (Å²) in [7, 11) is 2.02. The fourth-order valence-electron chi connectivity index (χ4n) is 2.21. The highest BCUT2D eigenvalue weighted by Crippen LogP contribution is 2.10. The summed E-state index contributed by atoms with van der Waals surface area (Å²) in [6.45, 7) is 3.38. The Morgan fingerprint density at radius 2 is 2.12 bits per heavy atom. The van der Waals surface area contributed by atoms with Gasteiger partial charge in [0.25, 0.3) is 0 Å². The van der Waals surface area contributed by atoms with E-state index in [1.807, 2.05) is 19.2 Å². The summed E-state index contributed by atoms with van der Waals surface area (Å²) in [5, 5.41) is 3.31. The molecule has 2 rings (SSSR count). The first kappa shape index (κ1) is 11.6. The van der Waals surface area contributed by atoms with Crippen LogP contribution in [0.3, 0.4) is 0 Å². The van der Waals surface area contributed by atoms with Gasteiger partial charge < -0.3 is 10.2 Å². The van der Waals surface area contributed by atoms with Crippen LogP contribution in [-0.2, 0) is 6.42 Å². The molecular formula is C13H19FN2. The van der Waals surface area contributed by atoms with Crippen LogP contribution in [0.4, 0.5) is 4.39 Å². The van der Waals surface area contributed by atoms with Crippen LogP contribution in [0.15, 0.2) is 24.3 Å². The molecule has 1 unspecified atom stereocenters. The topological polar surface area (TPSA) is 15.3 Å². The molecule has 1 aromatic carbocycles. The predicted molar refractivity (Wildman–Crippen MR) is 64.0 cm³/mol. The molecule has 1 fully saturated rings. The highest BCUT2D eigenvalue weighted by Gasteiger charge is 2.19. The lowest BCUT2D eigenvalue weighted by Crippen LogP contribution is -2.30. The van der Waals surface area contributed by atoms with E-state index in [1.54, 1.807) is 0 Å². The van der Waals surface area contributed by atoms with Crippen LogP contribution < -0.4 is 5.32 Å². The van der Waals surface area contributed by atoms with Crippen molar-refractivity contribution >= 4 is 0 Å². The normalized spacial score (nSPS) is 21.5. The molecule has 3 heteroatoms. The number of nitrogens with one attached hydrogen (secondary N) is 1. The van der Waals surface area contributed by atoms with Gasteiger partial charge in [-0.3, -0.25) is 0 Å². The third-order valence-corrected chi connectivity index (χ3v) is 3.31. The second-order valence-corrected chi connectivity index (χ2v) is 4.45. The molecule has 88 valence electrons. The number of rotatable bonds is 4. The standard InChI is InChI=1S/C13H19FN2/c1-15-13-7-9-16(10-13)8-6-11-2-4-12(14)5-3-11/h2-5,13,15H,6-10H2,1H3. The Morgan fingerprint density at radius 1 is 1.38 bits per heavy atom. The lowest BCUT2D eigenvalue weighted by molar-refractivity contribution is 0.334. The zero-order chi connectivity index (χ0) is 11.4.